The van der Waals surface area contributed by atoms with Crippen LogP contribution in [0.5, 0.6) is 5.75 Å². The molecule has 8 heteroatoms. The van der Waals surface area contributed by atoms with Crippen LogP contribution in [-0.2, 0) is 0 Å². The highest BCUT2D eigenvalue weighted by Gasteiger charge is 2.32. The molecule has 1 saturated carbocycles. The fourth-order valence-electron chi connectivity index (χ4n) is 2.58. The molecule has 5 nitrogen and oxygen atoms in total. The Labute approximate surface area is 135 Å². The Kier molecular flexibility index (Phi) is 3.98. The number of carbonyl (C=O) groups is 1. The minimum Gasteiger partial charge on any atom is -0.497 e. The number of pyridine rings is 1. The second kappa shape index (κ2) is 5.85. The van der Waals surface area contributed by atoms with Crippen LogP contribution in [0.3, 0.4) is 0 Å². The third-order valence-electron chi connectivity index (χ3n) is 3.85. The van der Waals surface area contributed by atoms with Crippen LogP contribution in [0.4, 0.5) is 13.2 Å². The number of rotatable bonds is 4. The molecule has 0 radical (unpaired) electrons. The number of carbonyl (C=O) groups excluding carboxylic acids is 1. The predicted molar refractivity (Wildman–Crippen MR) is 81.4 cm³/mol. The van der Waals surface area contributed by atoms with E-state index in [1.165, 1.54) is 17.7 Å². The molecule has 1 fully saturated rings. The number of hydrogen-bond donors (Lipinski definition) is 1. The van der Waals surface area contributed by atoms with Crippen LogP contribution in [0.15, 0.2) is 29.1 Å². The van der Waals surface area contributed by atoms with Gasteiger partial charge in [0, 0.05) is 11.4 Å². The number of methoxy groups -OCH3 is 1. The molecule has 1 aromatic heterocycles. The van der Waals surface area contributed by atoms with Gasteiger partial charge in [0.05, 0.1) is 7.11 Å². The van der Waals surface area contributed by atoms with E-state index in [1.54, 1.807) is 18.2 Å². The molecule has 1 aliphatic carbocycles. The van der Waals surface area contributed by atoms with Gasteiger partial charge in [0.1, 0.15) is 18.0 Å². The summed E-state index contributed by atoms with van der Waals surface area (Å²) in [6.45, 7) is -1.44. The van der Waals surface area contributed by atoms with Gasteiger partial charge in [-0.05, 0) is 42.5 Å². The van der Waals surface area contributed by atoms with E-state index in [0.29, 0.717) is 16.5 Å². The highest BCUT2D eigenvalue weighted by Crippen LogP contribution is 2.35. The van der Waals surface area contributed by atoms with Gasteiger partial charge in [-0.1, -0.05) is 0 Å². The van der Waals surface area contributed by atoms with Crippen LogP contribution in [0, 0.1) is 0 Å². The average molecular weight is 340 g/mol. The second-order valence-electron chi connectivity index (χ2n) is 5.69. The third-order valence-corrected chi connectivity index (χ3v) is 3.85. The molecule has 0 bridgehead atoms. The maximum atomic E-state index is 12.7. The molecular formula is C16H15F3N2O3. The van der Waals surface area contributed by atoms with Gasteiger partial charge in [-0.25, -0.2) is 0 Å². The highest BCUT2D eigenvalue weighted by atomic mass is 19.4. The van der Waals surface area contributed by atoms with Crippen molar-refractivity contribution in [3.05, 3.63) is 40.3 Å². The third kappa shape index (κ3) is 3.22. The van der Waals surface area contributed by atoms with E-state index in [1.807, 2.05) is 5.32 Å². The Morgan fingerprint density at radius 3 is 2.62 bits per heavy atom. The molecule has 2 aromatic rings. The van der Waals surface area contributed by atoms with Crippen molar-refractivity contribution in [1.29, 1.82) is 0 Å². The number of fused-ring (bicyclic) bond motifs is 1. The maximum absolute atomic E-state index is 12.7. The van der Waals surface area contributed by atoms with Gasteiger partial charge in [0.15, 0.2) is 0 Å². The monoisotopic (exact) mass is 340 g/mol. The number of benzene rings is 1. The van der Waals surface area contributed by atoms with Crippen LogP contribution in [0.2, 0.25) is 0 Å². The Balaban J connectivity index is 2.09. The van der Waals surface area contributed by atoms with Crippen LogP contribution < -0.4 is 15.6 Å². The number of nitrogens with zero attached hydrogens (tertiary/aromatic N) is 1. The SMILES string of the molecule is COc1ccc2c(=O)n(C3CC3)c(C(=O)NCC(F)(F)F)cc2c1. The zero-order chi connectivity index (χ0) is 17.5. The fraction of sp³-hybridized carbons (Fsp3) is 0.375. The fourth-order valence-corrected chi connectivity index (χ4v) is 2.58. The summed E-state index contributed by atoms with van der Waals surface area (Å²) < 4.78 is 43.4. The quantitative estimate of drug-likeness (QED) is 0.931. The van der Waals surface area contributed by atoms with Gasteiger partial charge in [-0.3, -0.25) is 9.59 Å². The van der Waals surface area contributed by atoms with Crippen LogP contribution in [0.1, 0.15) is 29.4 Å². The smallest absolute Gasteiger partial charge is 0.405 e. The molecule has 1 amide bonds. The molecule has 1 aromatic carbocycles. The second-order valence-corrected chi connectivity index (χ2v) is 5.69. The Morgan fingerprint density at radius 2 is 2.04 bits per heavy atom. The highest BCUT2D eigenvalue weighted by molar-refractivity contribution is 5.97. The maximum Gasteiger partial charge on any atom is 0.405 e. The first-order valence-electron chi connectivity index (χ1n) is 7.38. The van der Waals surface area contributed by atoms with E-state index in [-0.39, 0.29) is 17.3 Å². The van der Waals surface area contributed by atoms with Gasteiger partial charge in [0.25, 0.3) is 11.5 Å². The molecule has 0 saturated heterocycles. The van der Waals surface area contributed by atoms with Crippen molar-refractivity contribution in [3.63, 3.8) is 0 Å². The van der Waals surface area contributed by atoms with Gasteiger partial charge in [-0.2, -0.15) is 13.2 Å². The predicted octanol–water partition coefficient (Wildman–Crippen LogP) is 2.64. The van der Waals surface area contributed by atoms with Gasteiger partial charge >= 0.3 is 6.18 Å². The molecular weight excluding hydrogens is 325 g/mol. The molecule has 24 heavy (non-hydrogen) atoms. The van der Waals surface area contributed by atoms with E-state index in [2.05, 4.69) is 0 Å². The number of aromatic nitrogens is 1. The summed E-state index contributed by atoms with van der Waals surface area (Å²) in [7, 11) is 1.46. The summed E-state index contributed by atoms with van der Waals surface area (Å²) in [5.74, 6) is -0.422. The van der Waals surface area contributed by atoms with Crippen LogP contribution in [-0.4, -0.2) is 30.3 Å². The molecule has 0 atom stereocenters. The summed E-state index contributed by atoms with van der Waals surface area (Å²) in [5.41, 5.74) is -0.442. The number of halogens is 3. The number of ether oxygens (including phenoxy) is 1. The average Bonchev–Trinajstić information content (AvgIpc) is 3.35. The number of amides is 1. The molecule has 0 aliphatic heterocycles. The number of alkyl halides is 3. The minimum absolute atomic E-state index is 0.0625. The lowest BCUT2D eigenvalue weighted by molar-refractivity contribution is -0.123. The molecule has 1 heterocycles. The molecule has 1 aliphatic rings. The lowest BCUT2D eigenvalue weighted by Gasteiger charge is -2.15. The van der Waals surface area contributed by atoms with Crippen LogP contribution in [0.25, 0.3) is 10.8 Å². The van der Waals surface area contributed by atoms with Gasteiger partial charge in [0.2, 0.25) is 0 Å². The van der Waals surface area contributed by atoms with Crippen molar-refractivity contribution < 1.29 is 22.7 Å². The van der Waals surface area contributed by atoms with Crippen LogP contribution >= 0.6 is 0 Å². The zero-order valence-corrected chi connectivity index (χ0v) is 12.8. The molecule has 0 unspecified atom stereocenters. The summed E-state index contributed by atoms with van der Waals surface area (Å²) in [5, 5.41) is 2.68. The van der Waals surface area contributed by atoms with E-state index in [0.717, 1.165) is 12.8 Å². The standard InChI is InChI=1S/C16H15F3N2O3/c1-24-11-4-5-12-9(6-11)7-13(14(22)20-8-16(17,18)19)21(15(12)23)10-2-3-10/h4-7,10H,2-3,8H2,1H3,(H,20,22). The lowest BCUT2D eigenvalue weighted by atomic mass is 10.1. The summed E-state index contributed by atoms with van der Waals surface area (Å²) in [6.07, 6.45) is -3.07. The summed E-state index contributed by atoms with van der Waals surface area (Å²) in [6, 6.07) is 6.09. The van der Waals surface area contributed by atoms with Crippen molar-refractivity contribution in [3.8, 4) is 5.75 Å². The van der Waals surface area contributed by atoms with Gasteiger partial charge < -0.3 is 14.6 Å². The Bertz CT molecular complexity index is 854. The zero-order valence-electron chi connectivity index (χ0n) is 12.8. The molecule has 3 rings (SSSR count). The summed E-state index contributed by atoms with van der Waals surface area (Å²) in [4.78, 5) is 24.8. The largest absolute Gasteiger partial charge is 0.497 e. The Hall–Kier alpha value is -2.51. The van der Waals surface area contributed by atoms with Crippen molar-refractivity contribution >= 4 is 16.7 Å². The number of hydrogen-bond acceptors (Lipinski definition) is 3. The first-order valence-corrected chi connectivity index (χ1v) is 7.38. The number of nitrogens with one attached hydrogen (secondary N) is 1. The molecule has 128 valence electrons. The van der Waals surface area contributed by atoms with E-state index < -0.39 is 18.6 Å². The minimum atomic E-state index is -4.51. The van der Waals surface area contributed by atoms with Crippen molar-refractivity contribution in [2.24, 2.45) is 0 Å². The van der Waals surface area contributed by atoms with Crippen molar-refractivity contribution in [1.82, 2.24) is 9.88 Å². The normalized spacial score (nSPS) is 14.7. The first kappa shape index (κ1) is 16.4. The van der Waals surface area contributed by atoms with E-state index in [9.17, 15) is 22.8 Å². The van der Waals surface area contributed by atoms with E-state index in [4.69, 9.17) is 4.74 Å². The topological polar surface area (TPSA) is 60.3 Å². The first-order chi connectivity index (χ1) is 11.3. The lowest BCUT2D eigenvalue weighted by Crippen LogP contribution is -2.37. The molecule has 1 N–H and O–H groups in total. The summed E-state index contributed by atoms with van der Waals surface area (Å²) >= 11 is 0. The van der Waals surface area contributed by atoms with E-state index >= 15 is 0 Å². The Morgan fingerprint density at radius 1 is 1.33 bits per heavy atom. The van der Waals surface area contributed by atoms with Crippen molar-refractivity contribution in [2.45, 2.75) is 25.1 Å². The van der Waals surface area contributed by atoms with Crippen molar-refractivity contribution in [2.75, 3.05) is 13.7 Å². The van der Waals surface area contributed by atoms with Gasteiger partial charge in [-0.15, -0.1) is 0 Å². The molecule has 0 spiro atoms.